The molecular formula is C24H22Cl2F3N3O4. The van der Waals surface area contributed by atoms with Crippen molar-refractivity contribution in [3.63, 3.8) is 0 Å². The highest BCUT2D eigenvalue weighted by Gasteiger charge is 2.62. The van der Waals surface area contributed by atoms with E-state index in [9.17, 15) is 22.8 Å². The zero-order chi connectivity index (χ0) is 26.4. The molecule has 2 heterocycles. The van der Waals surface area contributed by atoms with Gasteiger partial charge in [0.1, 0.15) is 12.6 Å². The van der Waals surface area contributed by atoms with Crippen LogP contribution in [0.15, 0.2) is 41.6 Å². The van der Waals surface area contributed by atoms with E-state index in [0.717, 1.165) is 12.1 Å². The summed E-state index contributed by atoms with van der Waals surface area (Å²) in [5, 5.41) is 5.02. The molecule has 2 atom stereocenters. The average Bonchev–Trinajstić information content (AvgIpc) is 3.42. The number of hydroxylamine groups is 2. The van der Waals surface area contributed by atoms with Crippen molar-refractivity contribution in [2.45, 2.75) is 38.1 Å². The molecule has 1 fully saturated rings. The first kappa shape index (κ1) is 26.2. The first-order valence-electron chi connectivity index (χ1n) is 11.0. The largest absolute Gasteiger partial charge is 0.435 e. The van der Waals surface area contributed by atoms with Gasteiger partial charge in [-0.1, -0.05) is 34.4 Å². The standard InChI is InChI=1S/C24H22Cl2F3N3O4/c1-4-32-22(34)20(12-35-32)31(3)21(33)18-6-5-14(7-13(18)2)19-11-23(36-30-19,24(27,28)29)15-8-16(25)10-17(26)9-15/h5-10,20H,4,11-12H2,1-3H3. The summed E-state index contributed by atoms with van der Waals surface area (Å²) in [5.41, 5.74) is -1.80. The Morgan fingerprint density at radius 3 is 2.44 bits per heavy atom. The van der Waals surface area contributed by atoms with E-state index in [1.54, 1.807) is 19.9 Å². The summed E-state index contributed by atoms with van der Waals surface area (Å²) in [7, 11) is 1.50. The molecule has 2 aliphatic heterocycles. The monoisotopic (exact) mass is 543 g/mol. The Hall–Kier alpha value is -2.82. The van der Waals surface area contributed by atoms with Crippen LogP contribution in [-0.4, -0.2) is 59.9 Å². The Morgan fingerprint density at radius 2 is 1.89 bits per heavy atom. The van der Waals surface area contributed by atoms with Crippen LogP contribution in [-0.2, 0) is 20.1 Å². The number of carbonyl (C=O) groups is 2. The van der Waals surface area contributed by atoms with Gasteiger partial charge in [-0.25, -0.2) is 5.06 Å². The Kier molecular flexibility index (Phi) is 6.98. The van der Waals surface area contributed by atoms with Crippen LogP contribution in [0.2, 0.25) is 10.0 Å². The SMILES string of the molecule is CCN1OCC(N(C)C(=O)c2ccc(C3=NOC(c4cc(Cl)cc(Cl)c4)(C(F)(F)F)C3)cc2C)C1=O. The summed E-state index contributed by atoms with van der Waals surface area (Å²) < 4.78 is 42.7. The first-order valence-corrected chi connectivity index (χ1v) is 11.7. The van der Waals surface area contributed by atoms with Crippen LogP contribution < -0.4 is 0 Å². The Bertz CT molecular complexity index is 1230. The zero-order valence-corrected chi connectivity index (χ0v) is 21.0. The van der Waals surface area contributed by atoms with E-state index in [2.05, 4.69) is 5.16 Å². The molecule has 0 saturated carbocycles. The fraction of sp³-hybridized carbons (Fsp3) is 0.375. The van der Waals surface area contributed by atoms with Gasteiger partial charge in [-0.3, -0.25) is 14.4 Å². The third-order valence-corrected chi connectivity index (χ3v) is 6.74. The van der Waals surface area contributed by atoms with Crippen LogP contribution in [0.5, 0.6) is 0 Å². The normalized spacial score (nSPS) is 22.0. The van der Waals surface area contributed by atoms with E-state index in [1.165, 1.54) is 35.2 Å². The third kappa shape index (κ3) is 4.53. The van der Waals surface area contributed by atoms with Crippen molar-refractivity contribution < 1.29 is 32.4 Å². The van der Waals surface area contributed by atoms with E-state index in [-0.39, 0.29) is 33.8 Å². The molecule has 0 bridgehead atoms. The van der Waals surface area contributed by atoms with Crippen molar-refractivity contribution in [3.05, 3.63) is 68.7 Å². The molecule has 2 unspecified atom stereocenters. The van der Waals surface area contributed by atoms with Crippen LogP contribution >= 0.6 is 23.2 Å². The van der Waals surface area contributed by atoms with Crippen molar-refractivity contribution in [3.8, 4) is 0 Å². The molecule has 0 spiro atoms. The zero-order valence-electron chi connectivity index (χ0n) is 19.5. The van der Waals surface area contributed by atoms with E-state index in [0.29, 0.717) is 23.2 Å². The molecule has 7 nitrogen and oxygen atoms in total. The fourth-order valence-corrected chi connectivity index (χ4v) is 4.77. The molecule has 2 aromatic carbocycles. The average molecular weight is 544 g/mol. The van der Waals surface area contributed by atoms with E-state index in [4.69, 9.17) is 32.9 Å². The highest BCUT2D eigenvalue weighted by molar-refractivity contribution is 6.34. The summed E-state index contributed by atoms with van der Waals surface area (Å²) in [4.78, 5) is 37.1. The number of nitrogens with zero attached hydrogens (tertiary/aromatic N) is 3. The molecule has 0 N–H and O–H groups in total. The lowest BCUT2D eigenvalue weighted by atomic mass is 9.86. The molecule has 2 aromatic rings. The highest BCUT2D eigenvalue weighted by Crippen LogP contribution is 2.49. The van der Waals surface area contributed by atoms with Crippen molar-refractivity contribution in [2.75, 3.05) is 20.2 Å². The maximum absolute atomic E-state index is 14.2. The smallest absolute Gasteiger partial charge is 0.374 e. The summed E-state index contributed by atoms with van der Waals surface area (Å²) >= 11 is 11.9. The minimum Gasteiger partial charge on any atom is -0.374 e. The number of likely N-dealkylation sites (N-methyl/N-ethyl adjacent to an activating group) is 2. The lowest BCUT2D eigenvalue weighted by Gasteiger charge is -2.29. The third-order valence-electron chi connectivity index (χ3n) is 6.30. The maximum Gasteiger partial charge on any atom is 0.435 e. The quantitative estimate of drug-likeness (QED) is 0.524. The van der Waals surface area contributed by atoms with Gasteiger partial charge in [-0.2, -0.15) is 13.2 Å². The van der Waals surface area contributed by atoms with E-state index < -0.39 is 30.1 Å². The number of halogens is 5. The number of amides is 2. The Labute approximate surface area is 215 Å². The van der Waals surface area contributed by atoms with Gasteiger partial charge in [0.25, 0.3) is 17.4 Å². The molecule has 4 rings (SSSR count). The molecule has 192 valence electrons. The number of alkyl halides is 3. The molecular weight excluding hydrogens is 522 g/mol. The van der Waals surface area contributed by atoms with Gasteiger partial charge in [-0.05, 0) is 55.3 Å². The lowest BCUT2D eigenvalue weighted by Crippen LogP contribution is -2.44. The summed E-state index contributed by atoms with van der Waals surface area (Å²) in [6.45, 7) is 3.82. The number of benzene rings is 2. The minimum absolute atomic E-state index is 0.0363. The van der Waals surface area contributed by atoms with Crippen LogP contribution in [0.3, 0.4) is 0 Å². The van der Waals surface area contributed by atoms with Crippen LogP contribution in [0.4, 0.5) is 13.2 Å². The van der Waals surface area contributed by atoms with Crippen LogP contribution in [0, 0.1) is 6.92 Å². The number of aryl methyl sites for hydroxylation is 1. The van der Waals surface area contributed by atoms with Gasteiger partial charge in [0.05, 0.1) is 5.71 Å². The van der Waals surface area contributed by atoms with Crippen molar-refractivity contribution >= 4 is 40.7 Å². The second kappa shape index (κ2) is 9.57. The molecule has 0 aromatic heterocycles. The summed E-state index contributed by atoms with van der Waals surface area (Å²) in [6.07, 6.45) is -5.43. The number of rotatable bonds is 5. The predicted octanol–water partition coefficient (Wildman–Crippen LogP) is 5.12. The van der Waals surface area contributed by atoms with Gasteiger partial charge in [-0.15, -0.1) is 0 Å². The minimum atomic E-state index is -4.82. The topological polar surface area (TPSA) is 71.4 Å². The molecule has 2 amide bonds. The van der Waals surface area contributed by atoms with Gasteiger partial charge in [0.2, 0.25) is 0 Å². The van der Waals surface area contributed by atoms with Gasteiger partial charge in [0.15, 0.2) is 0 Å². The number of hydrogen-bond acceptors (Lipinski definition) is 5. The summed E-state index contributed by atoms with van der Waals surface area (Å²) in [6, 6.07) is 7.42. The second-order valence-electron chi connectivity index (χ2n) is 8.58. The Balaban J connectivity index is 1.59. The van der Waals surface area contributed by atoms with Crippen LogP contribution in [0.25, 0.3) is 0 Å². The van der Waals surface area contributed by atoms with Crippen LogP contribution in [0.1, 0.15) is 40.4 Å². The number of hydrogen-bond donors (Lipinski definition) is 0. The molecule has 36 heavy (non-hydrogen) atoms. The summed E-state index contributed by atoms with van der Waals surface area (Å²) in [5.74, 6) is -0.730. The highest BCUT2D eigenvalue weighted by atomic mass is 35.5. The number of oxime groups is 1. The maximum atomic E-state index is 14.2. The molecule has 12 heteroatoms. The molecule has 1 saturated heterocycles. The fourth-order valence-electron chi connectivity index (χ4n) is 4.25. The van der Waals surface area contributed by atoms with Crippen molar-refractivity contribution in [1.29, 1.82) is 0 Å². The van der Waals surface area contributed by atoms with E-state index in [1.807, 2.05) is 0 Å². The first-order chi connectivity index (χ1) is 16.9. The lowest BCUT2D eigenvalue weighted by molar-refractivity contribution is -0.275. The second-order valence-corrected chi connectivity index (χ2v) is 9.45. The van der Waals surface area contributed by atoms with E-state index >= 15 is 0 Å². The predicted molar refractivity (Wildman–Crippen MR) is 127 cm³/mol. The van der Waals surface area contributed by atoms with Crippen molar-refractivity contribution in [1.82, 2.24) is 9.96 Å². The van der Waals surface area contributed by atoms with Gasteiger partial charge in [0, 0.05) is 41.2 Å². The Morgan fingerprint density at radius 1 is 1.22 bits per heavy atom. The molecule has 0 radical (unpaired) electrons. The van der Waals surface area contributed by atoms with Crippen molar-refractivity contribution in [2.24, 2.45) is 5.16 Å². The van der Waals surface area contributed by atoms with Gasteiger partial charge < -0.3 is 9.74 Å². The molecule has 2 aliphatic rings. The molecule has 0 aliphatic carbocycles. The number of carbonyl (C=O) groups excluding carboxylic acids is 2. The van der Waals surface area contributed by atoms with Gasteiger partial charge >= 0.3 is 6.18 Å².